The summed E-state index contributed by atoms with van der Waals surface area (Å²) in [5.41, 5.74) is -0.296. The van der Waals surface area contributed by atoms with E-state index in [2.05, 4.69) is 30.1 Å². The molecule has 1 aromatic heterocycles. The van der Waals surface area contributed by atoms with Crippen LogP contribution in [0.5, 0.6) is 0 Å². The summed E-state index contributed by atoms with van der Waals surface area (Å²) in [4.78, 5) is 40.8. The van der Waals surface area contributed by atoms with Crippen LogP contribution >= 0.6 is 0 Å². The van der Waals surface area contributed by atoms with Gasteiger partial charge >= 0.3 is 12.2 Å². The van der Waals surface area contributed by atoms with Gasteiger partial charge in [0.2, 0.25) is 5.91 Å². The molecule has 0 spiro atoms. The fraction of sp³-hybridized carbons (Fsp3) is 0.739. The Labute approximate surface area is 197 Å². The van der Waals surface area contributed by atoms with E-state index in [-0.39, 0.29) is 29.9 Å². The highest BCUT2D eigenvalue weighted by Gasteiger charge is 2.54. The van der Waals surface area contributed by atoms with Gasteiger partial charge in [-0.15, -0.1) is 4.68 Å². The van der Waals surface area contributed by atoms with Crippen LogP contribution in [0.4, 0.5) is 15.4 Å². The van der Waals surface area contributed by atoms with E-state index in [9.17, 15) is 14.4 Å². The standard InChI is InChI=1S/C23H38N4O5Si/c1-10-31-20(30)27-17(24-18(28)23(12-11-13-23)33(7,8)9)15-14-26(19(29)32-21(2,3)4)22(5,6)16(15)25-27/h10-14H2,1-9H3,(H,24,28). The number of nitrogens with one attached hydrogen (secondary N) is 1. The first-order valence-electron chi connectivity index (χ1n) is 11.7. The smallest absolute Gasteiger partial charge is 0.436 e. The van der Waals surface area contributed by atoms with Gasteiger partial charge in [0.15, 0.2) is 0 Å². The lowest BCUT2D eigenvalue weighted by molar-refractivity contribution is -0.121. The number of fused-ring (bicyclic) bond motifs is 1. The first kappa shape index (κ1) is 25.3. The number of aromatic nitrogens is 2. The van der Waals surface area contributed by atoms with E-state index in [0.29, 0.717) is 11.3 Å². The van der Waals surface area contributed by atoms with E-state index >= 15 is 0 Å². The number of carbonyl (C=O) groups excluding carboxylic acids is 3. The highest BCUT2D eigenvalue weighted by atomic mass is 28.3. The number of anilines is 1. The summed E-state index contributed by atoms with van der Waals surface area (Å²) in [7, 11) is -1.83. The number of hydrogen-bond donors (Lipinski definition) is 1. The van der Waals surface area contributed by atoms with Gasteiger partial charge in [0, 0.05) is 10.6 Å². The molecule has 0 aromatic carbocycles. The summed E-state index contributed by atoms with van der Waals surface area (Å²) in [5.74, 6) is 0.215. The van der Waals surface area contributed by atoms with Gasteiger partial charge in [-0.3, -0.25) is 9.69 Å². The number of nitrogens with zero attached hydrogens (tertiary/aromatic N) is 3. The minimum Gasteiger partial charge on any atom is -0.448 e. The third kappa shape index (κ3) is 4.29. The van der Waals surface area contributed by atoms with E-state index in [1.807, 2.05) is 34.6 Å². The zero-order valence-electron chi connectivity index (χ0n) is 21.4. The Hall–Kier alpha value is -2.36. The summed E-state index contributed by atoms with van der Waals surface area (Å²) < 4.78 is 11.9. The Morgan fingerprint density at radius 2 is 1.73 bits per heavy atom. The Morgan fingerprint density at radius 1 is 1.12 bits per heavy atom. The predicted molar refractivity (Wildman–Crippen MR) is 128 cm³/mol. The predicted octanol–water partition coefficient (Wildman–Crippen LogP) is 5.07. The van der Waals surface area contributed by atoms with E-state index in [0.717, 1.165) is 23.9 Å². The molecule has 0 atom stereocenters. The second kappa shape index (κ2) is 8.14. The first-order valence-corrected chi connectivity index (χ1v) is 15.2. The summed E-state index contributed by atoms with van der Waals surface area (Å²) in [6, 6.07) is 0. The van der Waals surface area contributed by atoms with Crippen molar-refractivity contribution in [2.24, 2.45) is 0 Å². The number of rotatable bonds is 4. The number of ether oxygens (including phenoxy) is 2. The number of amides is 2. The van der Waals surface area contributed by atoms with E-state index < -0.39 is 31.4 Å². The molecule has 9 nitrogen and oxygen atoms in total. The third-order valence-corrected chi connectivity index (χ3v) is 10.5. The van der Waals surface area contributed by atoms with Gasteiger partial charge in [0.05, 0.1) is 32.5 Å². The SMILES string of the molecule is CCOC(=O)n1nc2c(c1NC(=O)C1([Si](C)(C)C)CCC1)CN(C(=O)OC(C)(C)C)C2(C)C. The van der Waals surface area contributed by atoms with Gasteiger partial charge in [0.1, 0.15) is 11.4 Å². The van der Waals surface area contributed by atoms with Crippen molar-refractivity contribution in [1.82, 2.24) is 14.7 Å². The van der Waals surface area contributed by atoms with Crippen molar-refractivity contribution >= 4 is 32.0 Å². The minimum atomic E-state index is -1.83. The molecule has 1 saturated carbocycles. The van der Waals surface area contributed by atoms with Gasteiger partial charge in [0.25, 0.3) is 0 Å². The van der Waals surface area contributed by atoms with Crippen LogP contribution in [0.15, 0.2) is 0 Å². The fourth-order valence-electron chi connectivity index (χ4n) is 4.71. The molecular formula is C23H38N4O5Si. The molecule has 0 unspecified atom stereocenters. The summed E-state index contributed by atoms with van der Waals surface area (Å²) in [5, 5.41) is 7.18. The zero-order chi connectivity index (χ0) is 25.0. The molecule has 33 heavy (non-hydrogen) atoms. The summed E-state index contributed by atoms with van der Waals surface area (Å²) in [6.07, 6.45) is 1.59. The molecule has 3 rings (SSSR count). The van der Waals surface area contributed by atoms with Gasteiger partial charge in [-0.25, -0.2) is 9.59 Å². The maximum absolute atomic E-state index is 13.6. The third-order valence-electron chi connectivity index (χ3n) is 6.92. The second-order valence-electron chi connectivity index (χ2n) is 11.6. The van der Waals surface area contributed by atoms with Gasteiger partial charge in [-0.2, -0.15) is 5.10 Å². The van der Waals surface area contributed by atoms with Crippen molar-refractivity contribution in [3.63, 3.8) is 0 Å². The van der Waals surface area contributed by atoms with E-state index in [4.69, 9.17) is 9.47 Å². The van der Waals surface area contributed by atoms with Crippen LogP contribution in [0.3, 0.4) is 0 Å². The normalized spacial score (nSPS) is 18.9. The molecule has 1 fully saturated rings. The highest BCUT2D eigenvalue weighted by Crippen LogP contribution is 2.56. The van der Waals surface area contributed by atoms with Crippen LogP contribution in [0.25, 0.3) is 0 Å². The fourth-order valence-corrected chi connectivity index (χ4v) is 7.30. The van der Waals surface area contributed by atoms with Crippen molar-refractivity contribution in [3.8, 4) is 0 Å². The zero-order valence-corrected chi connectivity index (χ0v) is 22.4. The summed E-state index contributed by atoms with van der Waals surface area (Å²) >= 11 is 0. The Bertz CT molecular complexity index is 967. The lowest BCUT2D eigenvalue weighted by Crippen LogP contribution is -2.52. The maximum atomic E-state index is 13.6. The van der Waals surface area contributed by atoms with Crippen LogP contribution in [0, 0.1) is 0 Å². The largest absolute Gasteiger partial charge is 0.448 e. The molecule has 10 heteroatoms. The lowest BCUT2D eigenvalue weighted by Gasteiger charge is -2.48. The van der Waals surface area contributed by atoms with Crippen molar-refractivity contribution in [1.29, 1.82) is 0 Å². The molecule has 1 aliphatic carbocycles. The molecule has 1 aromatic rings. The van der Waals surface area contributed by atoms with Crippen LogP contribution in [0.1, 0.15) is 72.1 Å². The van der Waals surface area contributed by atoms with Crippen LogP contribution < -0.4 is 5.32 Å². The number of hydrogen-bond acceptors (Lipinski definition) is 6. The van der Waals surface area contributed by atoms with Crippen LogP contribution in [-0.4, -0.2) is 53.1 Å². The quantitative estimate of drug-likeness (QED) is 0.606. The molecule has 1 N–H and O–H groups in total. The van der Waals surface area contributed by atoms with Crippen LogP contribution in [0.2, 0.25) is 24.7 Å². The molecule has 2 aliphatic rings. The molecule has 184 valence electrons. The topological polar surface area (TPSA) is 103 Å². The average Bonchev–Trinajstić information content (AvgIpc) is 3.06. The first-order chi connectivity index (χ1) is 15.0. The van der Waals surface area contributed by atoms with Crippen LogP contribution in [-0.2, 0) is 26.4 Å². The second-order valence-corrected chi connectivity index (χ2v) is 17.0. The van der Waals surface area contributed by atoms with E-state index in [1.54, 1.807) is 11.8 Å². The van der Waals surface area contributed by atoms with Crippen molar-refractivity contribution in [2.45, 2.75) is 103 Å². The lowest BCUT2D eigenvalue weighted by atomic mass is 9.83. The van der Waals surface area contributed by atoms with Gasteiger partial charge in [-0.1, -0.05) is 26.1 Å². The molecule has 2 heterocycles. The van der Waals surface area contributed by atoms with Gasteiger partial charge in [-0.05, 0) is 54.4 Å². The van der Waals surface area contributed by atoms with Crippen molar-refractivity contribution in [3.05, 3.63) is 11.3 Å². The van der Waals surface area contributed by atoms with Crippen molar-refractivity contribution < 1.29 is 23.9 Å². The summed E-state index contributed by atoms with van der Waals surface area (Å²) in [6.45, 7) is 17.8. The number of carbonyl (C=O) groups is 3. The van der Waals surface area contributed by atoms with E-state index in [1.165, 1.54) is 0 Å². The van der Waals surface area contributed by atoms with Crippen molar-refractivity contribution in [2.75, 3.05) is 11.9 Å². The molecular weight excluding hydrogens is 440 g/mol. The average molecular weight is 479 g/mol. The molecule has 0 saturated heterocycles. The highest BCUT2D eigenvalue weighted by molar-refractivity contribution is 6.83. The molecule has 1 aliphatic heterocycles. The minimum absolute atomic E-state index is 0.0744. The Balaban J connectivity index is 2.02. The maximum Gasteiger partial charge on any atom is 0.436 e. The Morgan fingerprint density at radius 3 is 2.18 bits per heavy atom. The molecule has 2 amide bonds. The monoisotopic (exact) mass is 478 g/mol. The molecule has 0 bridgehead atoms. The Kier molecular flexibility index (Phi) is 6.23. The molecule has 0 radical (unpaired) electrons. The van der Waals surface area contributed by atoms with Gasteiger partial charge < -0.3 is 14.8 Å².